The highest BCUT2D eigenvalue weighted by molar-refractivity contribution is 7.98. The average Bonchev–Trinajstić information content (AvgIpc) is 2.72. The molecule has 0 spiro atoms. The van der Waals surface area contributed by atoms with Crippen LogP contribution >= 0.6 is 11.8 Å². The molecule has 1 amide bonds. The number of hydrogen-bond donors (Lipinski definition) is 1. The van der Waals surface area contributed by atoms with E-state index in [1.807, 2.05) is 57.2 Å². The molecule has 0 aliphatic carbocycles. The summed E-state index contributed by atoms with van der Waals surface area (Å²) in [6.45, 7) is 5.39. The molecule has 0 aliphatic heterocycles. The van der Waals surface area contributed by atoms with Gasteiger partial charge in [-0.1, -0.05) is 48.2 Å². The second-order valence-electron chi connectivity index (χ2n) is 6.82. The molecule has 30 heavy (non-hydrogen) atoms. The van der Waals surface area contributed by atoms with Crippen molar-refractivity contribution in [2.24, 2.45) is 0 Å². The lowest BCUT2D eigenvalue weighted by atomic mass is 10.1. The molecule has 0 fully saturated rings. The Morgan fingerprint density at radius 2 is 1.63 bits per heavy atom. The molecule has 0 saturated heterocycles. The number of nitrogens with zero attached hydrogens (tertiary/aromatic N) is 2. The van der Waals surface area contributed by atoms with Crippen molar-refractivity contribution in [1.82, 2.24) is 9.97 Å². The van der Waals surface area contributed by atoms with Gasteiger partial charge in [0.05, 0.1) is 5.56 Å². The standard InChI is InChI=1S/C23H23N3O3S/c1-15-8-4-7-11-20(15)26-21(27)13-29-22(28)19-10-6-5-9-18(19)14-30-23-24-16(2)12-17(3)25-23/h4-12H,13-14H2,1-3H3,(H,26,27). The Labute approximate surface area is 180 Å². The third-order valence-corrected chi connectivity index (χ3v) is 5.21. The largest absolute Gasteiger partial charge is 0.452 e. The Balaban J connectivity index is 1.61. The normalized spacial score (nSPS) is 10.5. The molecule has 1 heterocycles. The van der Waals surface area contributed by atoms with Gasteiger partial charge in [-0.05, 0) is 50.1 Å². The van der Waals surface area contributed by atoms with Crippen molar-refractivity contribution in [3.8, 4) is 0 Å². The van der Waals surface area contributed by atoms with E-state index in [0.29, 0.717) is 22.2 Å². The van der Waals surface area contributed by atoms with Crippen LogP contribution in [0.25, 0.3) is 0 Å². The second kappa shape index (κ2) is 10.0. The van der Waals surface area contributed by atoms with Gasteiger partial charge in [-0.3, -0.25) is 4.79 Å². The van der Waals surface area contributed by atoms with Crippen LogP contribution in [0.5, 0.6) is 0 Å². The summed E-state index contributed by atoms with van der Waals surface area (Å²) >= 11 is 1.45. The summed E-state index contributed by atoms with van der Waals surface area (Å²) in [5.41, 5.74) is 4.67. The number of esters is 1. The summed E-state index contributed by atoms with van der Waals surface area (Å²) in [7, 11) is 0. The predicted octanol–water partition coefficient (Wildman–Crippen LogP) is 4.49. The van der Waals surface area contributed by atoms with Crippen LogP contribution in [0.2, 0.25) is 0 Å². The van der Waals surface area contributed by atoms with Gasteiger partial charge in [-0.15, -0.1) is 0 Å². The minimum Gasteiger partial charge on any atom is -0.452 e. The van der Waals surface area contributed by atoms with Crippen molar-refractivity contribution >= 4 is 29.3 Å². The first-order chi connectivity index (χ1) is 14.4. The van der Waals surface area contributed by atoms with Gasteiger partial charge < -0.3 is 10.1 Å². The molecule has 3 aromatic rings. The second-order valence-corrected chi connectivity index (χ2v) is 7.76. The number of carbonyl (C=O) groups excluding carboxylic acids is 2. The molecule has 0 bridgehead atoms. The van der Waals surface area contributed by atoms with Gasteiger partial charge in [0.2, 0.25) is 0 Å². The van der Waals surface area contributed by atoms with Gasteiger partial charge >= 0.3 is 5.97 Å². The maximum Gasteiger partial charge on any atom is 0.338 e. The first-order valence-electron chi connectivity index (χ1n) is 9.48. The zero-order valence-electron chi connectivity index (χ0n) is 17.1. The van der Waals surface area contributed by atoms with Crippen LogP contribution in [0.15, 0.2) is 59.8 Å². The first kappa shape index (κ1) is 21.5. The number of aromatic nitrogens is 2. The predicted molar refractivity (Wildman–Crippen MR) is 118 cm³/mol. The number of rotatable bonds is 7. The highest BCUT2D eigenvalue weighted by Gasteiger charge is 2.15. The van der Waals surface area contributed by atoms with Gasteiger partial charge in [0.15, 0.2) is 11.8 Å². The maximum atomic E-state index is 12.6. The van der Waals surface area contributed by atoms with E-state index in [4.69, 9.17) is 4.74 Å². The summed E-state index contributed by atoms with van der Waals surface area (Å²) in [6, 6.07) is 16.5. The summed E-state index contributed by atoms with van der Waals surface area (Å²) < 4.78 is 5.24. The van der Waals surface area contributed by atoms with Crippen molar-refractivity contribution in [3.63, 3.8) is 0 Å². The SMILES string of the molecule is Cc1cc(C)nc(SCc2ccccc2C(=O)OCC(=O)Nc2ccccc2C)n1. The number of amides is 1. The van der Waals surface area contributed by atoms with Crippen LogP contribution in [0.4, 0.5) is 5.69 Å². The van der Waals surface area contributed by atoms with E-state index >= 15 is 0 Å². The number of nitrogens with one attached hydrogen (secondary N) is 1. The molecular weight excluding hydrogens is 398 g/mol. The smallest absolute Gasteiger partial charge is 0.338 e. The van der Waals surface area contributed by atoms with E-state index in [2.05, 4.69) is 15.3 Å². The minimum absolute atomic E-state index is 0.352. The van der Waals surface area contributed by atoms with E-state index in [-0.39, 0.29) is 12.5 Å². The average molecular weight is 422 g/mol. The molecule has 3 rings (SSSR count). The third-order valence-electron chi connectivity index (χ3n) is 4.31. The molecule has 6 nitrogen and oxygen atoms in total. The summed E-state index contributed by atoms with van der Waals surface area (Å²) in [5, 5.41) is 3.41. The first-order valence-corrected chi connectivity index (χ1v) is 10.5. The molecule has 1 N–H and O–H groups in total. The van der Waals surface area contributed by atoms with Crippen molar-refractivity contribution < 1.29 is 14.3 Å². The number of aryl methyl sites for hydroxylation is 3. The Morgan fingerprint density at radius 1 is 0.967 bits per heavy atom. The van der Waals surface area contributed by atoms with Crippen LogP contribution in [0, 0.1) is 20.8 Å². The third kappa shape index (κ3) is 5.90. The van der Waals surface area contributed by atoms with Gasteiger partial charge in [-0.2, -0.15) is 0 Å². The van der Waals surface area contributed by atoms with Crippen molar-refractivity contribution in [2.45, 2.75) is 31.7 Å². The number of para-hydroxylation sites is 1. The number of ether oxygens (including phenoxy) is 1. The van der Waals surface area contributed by atoms with E-state index in [0.717, 1.165) is 22.5 Å². The lowest BCUT2D eigenvalue weighted by molar-refractivity contribution is -0.119. The maximum absolute atomic E-state index is 12.6. The monoisotopic (exact) mass is 421 g/mol. The van der Waals surface area contributed by atoms with Crippen LogP contribution in [0.1, 0.15) is 32.9 Å². The number of carbonyl (C=O) groups is 2. The van der Waals surface area contributed by atoms with E-state index in [1.54, 1.807) is 18.2 Å². The molecule has 0 radical (unpaired) electrons. The number of hydrogen-bond acceptors (Lipinski definition) is 6. The molecule has 2 aromatic carbocycles. The molecule has 0 aliphatic rings. The fourth-order valence-corrected chi connectivity index (χ4v) is 3.81. The number of benzene rings is 2. The molecule has 0 saturated carbocycles. The summed E-state index contributed by atoms with van der Waals surface area (Å²) in [6.07, 6.45) is 0. The molecule has 0 atom stereocenters. The van der Waals surface area contributed by atoms with Gasteiger partial charge in [0, 0.05) is 22.8 Å². The molecule has 1 aromatic heterocycles. The Morgan fingerprint density at radius 3 is 2.37 bits per heavy atom. The van der Waals surface area contributed by atoms with E-state index in [1.165, 1.54) is 11.8 Å². The van der Waals surface area contributed by atoms with Crippen LogP contribution in [-0.2, 0) is 15.3 Å². The van der Waals surface area contributed by atoms with Gasteiger partial charge in [0.25, 0.3) is 5.91 Å². The van der Waals surface area contributed by atoms with Crippen molar-refractivity contribution in [3.05, 3.63) is 82.7 Å². The van der Waals surface area contributed by atoms with Crippen molar-refractivity contribution in [2.75, 3.05) is 11.9 Å². The Hall–Kier alpha value is -3.19. The summed E-state index contributed by atoms with van der Waals surface area (Å²) in [5.74, 6) is -0.399. The van der Waals surface area contributed by atoms with Crippen molar-refractivity contribution in [1.29, 1.82) is 0 Å². The van der Waals surface area contributed by atoms with Crippen LogP contribution in [0.3, 0.4) is 0 Å². The fourth-order valence-electron chi connectivity index (χ4n) is 2.85. The highest BCUT2D eigenvalue weighted by atomic mass is 32.2. The molecule has 7 heteroatoms. The Kier molecular flexibility index (Phi) is 7.19. The number of thioether (sulfide) groups is 1. The summed E-state index contributed by atoms with van der Waals surface area (Å²) in [4.78, 5) is 33.5. The zero-order chi connectivity index (χ0) is 21.5. The topological polar surface area (TPSA) is 81.2 Å². The Bertz CT molecular complexity index is 1050. The van der Waals surface area contributed by atoms with E-state index < -0.39 is 5.97 Å². The highest BCUT2D eigenvalue weighted by Crippen LogP contribution is 2.23. The van der Waals surface area contributed by atoms with Gasteiger partial charge in [0.1, 0.15) is 0 Å². The van der Waals surface area contributed by atoms with Crippen LogP contribution < -0.4 is 5.32 Å². The lowest BCUT2D eigenvalue weighted by Crippen LogP contribution is -2.21. The number of anilines is 1. The zero-order valence-corrected chi connectivity index (χ0v) is 18.0. The quantitative estimate of drug-likeness (QED) is 0.344. The van der Waals surface area contributed by atoms with E-state index in [9.17, 15) is 9.59 Å². The van der Waals surface area contributed by atoms with Gasteiger partial charge in [-0.25, -0.2) is 14.8 Å². The minimum atomic E-state index is -0.535. The lowest BCUT2D eigenvalue weighted by Gasteiger charge is -2.11. The van der Waals surface area contributed by atoms with Crippen LogP contribution in [-0.4, -0.2) is 28.5 Å². The molecule has 154 valence electrons. The molecule has 0 unspecified atom stereocenters. The molecular formula is C23H23N3O3S. The fraction of sp³-hybridized carbons (Fsp3) is 0.217.